The zero-order valence-corrected chi connectivity index (χ0v) is 10.2. The number of rotatable bonds is 4. The second-order valence-corrected chi connectivity index (χ2v) is 4.58. The molecule has 0 radical (unpaired) electrons. The number of benzene rings is 1. The molecule has 0 atom stereocenters. The van der Waals surface area contributed by atoms with Gasteiger partial charge in [-0.15, -0.1) is 0 Å². The smallest absolute Gasteiger partial charge is 0.150 e. The zero-order chi connectivity index (χ0) is 12.3. The standard InChI is InChI=1S/C14H18FNO/c1-2-16(13-5-3-4-6-13)14-8-11(10-17)7-12(15)9-14/h7-10,13H,2-6H2,1H3. The van der Waals surface area contributed by atoms with E-state index in [0.29, 0.717) is 17.9 Å². The first-order valence-corrected chi connectivity index (χ1v) is 6.27. The highest BCUT2D eigenvalue weighted by Crippen LogP contribution is 2.28. The molecule has 1 aromatic carbocycles. The number of carbonyl (C=O) groups is 1. The molecule has 92 valence electrons. The summed E-state index contributed by atoms with van der Waals surface area (Å²) < 4.78 is 13.4. The highest BCUT2D eigenvalue weighted by Gasteiger charge is 2.22. The molecule has 0 aromatic heterocycles. The van der Waals surface area contributed by atoms with Crippen LogP contribution >= 0.6 is 0 Å². The van der Waals surface area contributed by atoms with Crippen molar-refractivity contribution < 1.29 is 9.18 Å². The Kier molecular flexibility index (Phi) is 3.77. The van der Waals surface area contributed by atoms with Gasteiger partial charge in [-0.3, -0.25) is 4.79 Å². The molecule has 1 fully saturated rings. The first-order valence-electron chi connectivity index (χ1n) is 6.27. The summed E-state index contributed by atoms with van der Waals surface area (Å²) in [6.07, 6.45) is 5.53. The van der Waals surface area contributed by atoms with Gasteiger partial charge in [-0.05, 0) is 38.0 Å². The topological polar surface area (TPSA) is 20.3 Å². The van der Waals surface area contributed by atoms with E-state index in [9.17, 15) is 9.18 Å². The third-order valence-corrected chi connectivity index (χ3v) is 3.48. The molecule has 0 heterocycles. The molecule has 0 saturated heterocycles. The number of anilines is 1. The van der Waals surface area contributed by atoms with Crippen molar-refractivity contribution in [1.29, 1.82) is 0 Å². The Labute approximate surface area is 101 Å². The minimum absolute atomic E-state index is 0.332. The van der Waals surface area contributed by atoms with Crippen LogP contribution in [-0.4, -0.2) is 18.9 Å². The summed E-state index contributed by atoms with van der Waals surface area (Å²) in [6.45, 7) is 2.93. The Balaban J connectivity index is 2.28. The van der Waals surface area contributed by atoms with Gasteiger partial charge >= 0.3 is 0 Å². The van der Waals surface area contributed by atoms with Crippen LogP contribution in [0, 0.1) is 5.82 Å². The van der Waals surface area contributed by atoms with Gasteiger partial charge in [-0.1, -0.05) is 12.8 Å². The highest BCUT2D eigenvalue weighted by molar-refractivity contribution is 5.77. The Morgan fingerprint density at radius 2 is 2.06 bits per heavy atom. The molecular weight excluding hydrogens is 217 g/mol. The van der Waals surface area contributed by atoms with E-state index >= 15 is 0 Å². The summed E-state index contributed by atoms with van der Waals surface area (Å²) in [5.41, 5.74) is 1.25. The molecule has 1 aliphatic carbocycles. The molecule has 3 heteroatoms. The normalized spacial score (nSPS) is 16.1. The minimum Gasteiger partial charge on any atom is -0.369 e. The van der Waals surface area contributed by atoms with Crippen LogP contribution in [0.5, 0.6) is 0 Å². The van der Waals surface area contributed by atoms with Gasteiger partial charge in [0.2, 0.25) is 0 Å². The number of halogens is 1. The van der Waals surface area contributed by atoms with E-state index in [1.165, 1.54) is 37.8 Å². The second kappa shape index (κ2) is 5.30. The van der Waals surface area contributed by atoms with Gasteiger partial charge in [0, 0.05) is 23.8 Å². The highest BCUT2D eigenvalue weighted by atomic mass is 19.1. The molecule has 17 heavy (non-hydrogen) atoms. The molecule has 0 spiro atoms. The van der Waals surface area contributed by atoms with Gasteiger partial charge in [0.15, 0.2) is 0 Å². The van der Waals surface area contributed by atoms with Crippen LogP contribution in [0.2, 0.25) is 0 Å². The van der Waals surface area contributed by atoms with Crippen LogP contribution in [-0.2, 0) is 0 Å². The molecule has 0 amide bonds. The molecule has 0 unspecified atom stereocenters. The lowest BCUT2D eigenvalue weighted by molar-refractivity contribution is 0.112. The molecule has 1 aliphatic rings. The fraction of sp³-hybridized carbons (Fsp3) is 0.500. The van der Waals surface area contributed by atoms with Crippen LogP contribution < -0.4 is 4.90 Å². The molecule has 0 bridgehead atoms. The van der Waals surface area contributed by atoms with Crippen molar-refractivity contribution in [2.24, 2.45) is 0 Å². The average Bonchev–Trinajstić information content (AvgIpc) is 2.83. The van der Waals surface area contributed by atoms with Crippen LogP contribution in [0.15, 0.2) is 18.2 Å². The maximum absolute atomic E-state index is 13.4. The third-order valence-electron chi connectivity index (χ3n) is 3.48. The van der Waals surface area contributed by atoms with Crippen molar-refractivity contribution in [3.63, 3.8) is 0 Å². The predicted octanol–water partition coefficient (Wildman–Crippen LogP) is 3.41. The fourth-order valence-corrected chi connectivity index (χ4v) is 2.70. The van der Waals surface area contributed by atoms with Gasteiger partial charge in [0.05, 0.1) is 0 Å². The number of aldehydes is 1. The van der Waals surface area contributed by atoms with Crippen molar-refractivity contribution in [1.82, 2.24) is 0 Å². The van der Waals surface area contributed by atoms with E-state index < -0.39 is 0 Å². The van der Waals surface area contributed by atoms with Crippen LogP contribution in [0.3, 0.4) is 0 Å². The van der Waals surface area contributed by atoms with Gasteiger partial charge in [0.1, 0.15) is 12.1 Å². The average molecular weight is 235 g/mol. The minimum atomic E-state index is -0.332. The van der Waals surface area contributed by atoms with Crippen molar-refractivity contribution in [2.75, 3.05) is 11.4 Å². The molecule has 2 rings (SSSR count). The summed E-state index contributed by atoms with van der Waals surface area (Å²) in [5, 5.41) is 0. The molecule has 1 saturated carbocycles. The van der Waals surface area contributed by atoms with Crippen LogP contribution in [0.1, 0.15) is 43.0 Å². The van der Waals surface area contributed by atoms with Crippen molar-refractivity contribution in [3.8, 4) is 0 Å². The Morgan fingerprint density at radius 1 is 1.35 bits per heavy atom. The lowest BCUT2D eigenvalue weighted by Gasteiger charge is -2.30. The van der Waals surface area contributed by atoms with E-state index in [-0.39, 0.29) is 5.82 Å². The van der Waals surface area contributed by atoms with Crippen molar-refractivity contribution in [3.05, 3.63) is 29.6 Å². The van der Waals surface area contributed by atoms with Crippen LogP contribution in [0.4, 0.5) is 10.1 Å². The summed E-state index contributed by atoms with van der Waals surface area (Å²) in [5.74, 6) is -0.332. The summed E-state index contributed by atoms with van der Waals surface area (Å²) in [4.78, 5) is 13.0. The van der Waals surface area contributed by atoms with Crippen molar-refractivity contribution in [2.45, 2.75) is 38.6 Å². The molecule has 0 aliphatic heterocycles. The zero-order valence-electron chi connectivity index (χ0n) is 10.2. The lowest BCUT2D eigenvalue weighted by atomic mass is 10.1. The van der Waals surface area contributed by atoms with Gasteiger partial charge < -0.3 is 4.90 Å². The van der Waals surface area contributed by atoms with Gasteiger partial charge in [-0.25, -0.2) is 4.39 Å². The first-order chi connectivity index (χ1) is 8.24. The number of carbonyl (C=O) groups excluding carboxylic acids is 1. The second-order valence-electron chi connectivity index (χ2n) is 4.58. The van der Waals surface area contributed by atoms with Crippen LogP contribution in [0.25, 0.3) is 0 Å². The fourth-order valence-electron chi connectivity index (χ4n) is 2.70. The monoisotopic (exact) mass is 235 g/mol. The van der Waals surface area contributed by atoms with Crippen molar-refractivity contribution >= 4 is 12.0 Å². The summed E-state index contributed by atoms with van der Waals surface area (Å²) in [6, 6.07) is 5.08. The number of hydrogen-bond acceptors (Lipinski definition) is 2. The maximum atomic E-state index is 13.4. The van der Waals surface area contributed by atoms with E-state index in [0.717, 1.165) is 12.2 Å². The van der Waals surface area contributed by atoms with E-state index in [1.807, 2.05) is 0 Å². The summed E-state index contributed by atoms with van der Waals surface area (Å²) in [7, 11) is 0. The lowest BCUT2D eigenvalue weighted by Crippen LogP contribution is -2.33. The Hall–Kier alpha value is -1.38. The predicted molar refractivity (Wildman–Crippen MR) is 67.1 cm³/mol. The van der Waals surface area contributed by atoms with E-state index in [1.54, 1.807) is 6.07 Å². The molecule has 2 nitrogen and oxygen atoms in total. The SMILES string of the molecule is CCN(c1cc(F)cc(C=O)c1)C1CCCC1. The molecule has 1 aromatic rings. The number of nitrogens with zero attached hydrogens (tertiary/aromatic N) is 1. The van der Waals surface area contributed by atoms with E-state index in [2.05, 4.69) is 11.8 Å². The summed E-state index contributed by atoms with van der Waals surface area (Å²) >= 11 is 0. The third kappa shape index (κ3) is 2.65. The molecule has 0 N–H and O–H groups in total. The number of hydrogen-bond donors (Lipinski definition) is 0. The Bertz CT molecular complexity index is 399. The van der Waals surface area contributed by atoms with Gasteiger partial charge in [-0.2, -0.15) is 0 Å². The molecular formula is C14H18FNO. The largest absolute Gasteiger partial charge is 0.369 e. The maximum Gasteiger partial charge on any atom is 0.150 e. The first kappa shape index (κ1) is 12.1. The Morgan fingerprint density at radius 3 is 2.65 bits per heavy atom. The van der Waals surface area contributed by atoms with Gasteiger partial charge in [0.25, 0.3) is 0 Å². The van der Waals surface area contributed by atoms with E-state index in [4.69, 9.17) is 0 Å². The quantitative estimate of drug-likeness (QED) is 0.745.